The number of nitrogens with one attached hydrogen (secondary N) is 1. The number of non-ortho nitro benzene ring substituents is 1. The molecule has 10 nitrogen and oxygen atoms in total. The molecule has 0 radical (unpaired) electrons. The molecule has 0 unspecified atom stereocenters. The highest BCUT2D eigenvalue weighted by atomic mass is 32.2. The van der Waals surface area contributed by atoms with Crippen molar-refractivity contribution >= 4 is 29.0 Å². The van der Waals surface area contributed by atoms with Gasteiger partial charge in [0.15, 0.2) is 0 Å². The molecule has 2 aromatic carbocycles. The van der Waals surface area contributed by atoms with Gasteiger partial charge in [-0.25, -0.2) is 4.68 Å². The van der Waals surface area contributed by atoms with E-state index in [4.69, 9.17) is 4.74 Å². The van der Waals surface area contributed by atoms with E-state index in [0.717, 1.165) is 17.3 Å². The van der Waals surface area contributed by atoms with Gasteiger partial charge in [0.1, 0.15) is 0 Å². The van der Waals surface area contributed by atoms with Gasteiger partial charge in [0.25, 0.3) is 11.6 Å². The van der Waals surface area contributed by atoms with Crippen LogP contribution in [-0.2, 0) is 11.8 Å². The number of carbonyl (C=O) groups is 1. The van der Waals surface area contributed by atoms with Gasteiger partial charge in [-0.2, -0.15) is 0 Å². The van der Waals surface area contributed by atoms with Crippen LogP contribution in [-0.4, -0.2) is 44.3 Å². The zero-order chi connectivity index (χ0) is 20.4. The predicted molar refractivity (Wildman–Crippen MR) is 104 cm³/mol. The molecule has 1 aromatic heterocycles. The van der Waals surface area contributed by atoms with E-state index >= 15 is 0 Å². The second-order valence-electron chi connectivity index (χ2n) is 6.44. The molecule has 0 spiro atoms. The fourth-order valence-corrected chi connectivity index (χ4v) is 3.61. The molecule has 0 aliphatic carbocycles. The minimum atomic E-state index is -0.537. The smallest absolute Gasteiger partial charge is 0.270 e. The lowest BCUT2D eigenvalue weighted by molar-refractivity contribution is -0.384. The summed E-state index contributed by atoms with van der Waals surface area (Å²) >= 11 is 1.15. The van der Waals surface area contributed by atoms with Gasteiger partial charge >= 0.3 is 0 Å². The average molecular weight is 412 g/mol. The highest BCUT2D eigenvalue weighted by molar-refractivity contribution is 7.99. The molecule has 0 saturated carbocycles. The number of nitro benzene ring substituents is 1. The second-order valence-corrected chi connectivity index (χ2v) is 7.44. The van der Waals surface area contributed by atoms with Gasteiger partial charge in [0.2, 0.25) is 5.16 Å². The molecule has 4 rings (SSSR count). The number of carbonyl (C=O) groups excluding carboxylic acids is 1. The van der Waals surface area contributed by atoms with E-state index in [9.17, 15) is 14.9 Å². The number of rotatable bonds is 6. The predicted octanol–water partition coefficient (Wildman–Crippen LogP) is 2.64. The Kier molecular flexibility index (Phi) is 5.23. The molecule has 1 N–H and O–H groups in total. The number of nitro groups is 1. The minimum absolute atomic E-state index is 0.170. The average Bonchev–Trinajstić information content (AvgIpc) is 3.06. The Morgan fingerprint density at radius 2 is 2.03 bits per heavy atom. The summed E-state index contributed by atoms with van der Waals surface area (Å²) in [6.45, 7) is 1.41. The van der Waals surface area contributed by atoms with Gasteiger partial charge in [-0.3, -0.25) is 14.9 Å². The maximum absolute atomic E-state index is 12.9. The van der Waals surface area contributed by atoms with E-state index in [0.29, 0.717) is 34.9 Å². The topological polar surface area (TPSA) is 125 Å². The van der Waals surface area contributed by atoms with Crippen LogP contribution in [0.2, 0.25) is 0 Å². The Morgan fingerprint density at radius 1 is 1.28 bits per heavy atom. The maximum Gasteiger partial charge on any atom is 0.270 e. The zero-order valence-corrected chi connectivity index (χ0v) is 16.1. The highest BCUT2D eigenvalue weighted by Crippen LogP contribution is 2.32. The SMILES string of the molecule is Cn1nnnc1Sc1ccc([N+](=O)[O-])cc1C(=O)Nc1ccc(C2COC2)cc1. The second kappa shape index (κ2) is 7.97. The normalized spacial score (nSPS) is 13.7. The van der Waals surface area contributed by atoms with Crippen molar-refractivity contribution in [1.82, 2.24) is 20.2 Å². The van der Waals surface area contributed by atoms with Crippen LogP contribution in [0.4, 0.5) is 11.4 Å². The van der Waals surface area contributed by atoms with E-state index < -0.39 is 10.8 Å². The number of aryl methyl sites for hydroxylation is 1. The summed E-state index contributed by atoms with van der Waals surface area (Å²) in [6.07, 6.45) is 0. The Bertz CT molecular complexity index is 1060. The van der Waals surface area contributed by atoms with E-state index in [2.05, 4.69) is 20.8 Å². The molecule has 1 aliphatic heterocycles. The molecule has 1 aliphatic rings. The van der Waals surface area contributed by atoms with Gasteiger partial charge in [0.05, 0.1) is 23.7 Å². The van der Waals surface area contributed by atoms with Crippen LogP contribution in [0, 0.1) is 10.1 Å². The maximum atomic E-state index is 12.9. The van der Waals surface area contributed by atoms with Crippen molar-refractivity contribution in [1.29, 1.82) is 0 Å². The van der Waals surface area contributed by atoms with Crippen molar-refractivity contribution in [3.8, 4) is 0 Å². The number of nitrogens with zero attached hydrogens (tertiary/aromatic N) is 5. The number of amides is 1. The van der Waals surface area contributed by atoms with Crippen molar-refractivity contribution in [2.75, 3.05) is 18.5 Å². The fraction of sp³-hybridized carbons (Fsp3) is 0.222. The standard InChI is InChI=1S/C18H16N6O4S/c1-23-18(20-21-22-23)29-16-7-6-14(24(26)27)8-15(16)17(25)19-13-4-2-11(3-5-13)12-9-28-10-12/h2-8,12H,9-10H2,1H3,(H,19,25). The molecule has 0 atom stereocenters. The molecule has 1 fully saturated rings. The lowest BCUT2D eigenvalue weighted by Gasteiger charge is -2.26. The van der Waals surface area contributed by atoms with E-state index in [1.807, 2.05) is 24.3 Å². The molecular weight excluding hydrogens is 396 g/mol. The van der Waals surface area contributed by atoms with Crippen LogP contribution in [0.5, 0.6) is 0 Å². The van der Waals surface area contributed by atoms with E-state index in [1.165, 1.54) is 22.9 Å². The Balaban J connectivity index is 1.59. The first kappa shape index (κ1) is 19.0. The third kappa shape index (κ3) is 4.10. The number of hydrogen-bond acceptors (Lipinski definition) is 8. The molecule has 2 heterocycles. The van der Waals surface area contributed by atoms with E-state index in [1.54, 1.807) is 7.05 Å². The van der Waals surface area contributed by atoms with Crippen LogP contribution in [0.3, 0.4) is 0 Å². The van der Waals surface area contributed by atoms with Gasteiger partial charge in [0, 0.05) is 35.7 Å². The summed E-state index contributed by atoms with van der Waals surface area (Å²) < 4.78 is 6.65. The lowest BCUT2D eigenvalue weighted by atomic mass is 9.97. The quantitative estimate of drug-likeness (QED) is 0.484. The van der Waals surface area contributed by atoms with Crippen molar-refractivity contribution in [3.63, 3.8) is 0 Å². The Morgan fingerprint density at radius 3 is 2.62 bits per heavy atom. The molecular formula is C18H16N6O4S. The fourth-order valence-electron chi connectivity index (χ4n) is 2.77. The number of benzene rings is 2. The molecule has 29 heavy (non-hydrogen) atoms. The van der Waals surface area contributed by atoms with Crippen molar-refractivity contribution in [3.05, 3.63) is 63.7 Å². The zero-order valence-electron chi connectivity index (χ0n) is 15.3. The van der Waals surface area contributed by atoms with E-state index in [-0.39, 0.29) is 11.3 Å². The van der Waals surface area contributed by atoms with Crippen molar-refractivity contribution in [2.24, 2.45) is 7.05 Å². The monoisotopic (exact) mass is 412 g/mol. The molecule has 11 heteroatoms. The summed E-state index contributed by atoms with van der Waals surface area (Å²) in [5.41, 5.74) is 1.75. The van der Waals surface area contributed by atoms with Crippen molar-refractivity contribution in [2.45, 2.75) is 16.0 Å². The van der Waals surface area contributed by atoms with Crippen LogP contribution < -0.4 is 5.32 Å². The molecule has 1 amide bonds. The number of anilines is 1. The first-order chi connectivity index (χ1) is 14.0. The van der Waals surface area contributed by atoms with Crippen LogP contribution >= 0.6 is 11.8 Å². The van der Waals surface area contributed by atoms with Crippen molar-refractivity contribution < 1.29 is 14.5 Å². The molecule has 1 saturated heterocycles. The van der Waals surface area contributed by atoms with Crippen LogP contribution in [0.1, 0.15) is 21.8 Å². The third-order valence-electron chi connectivity index (χ3n) is 4.48. The summed E-state index contributed by atoms with van der Waals surface area (Å²) in [4.78, 5) is 24.0. The number of ether oxygens (including phenoxy) is 1. The van der Waals surface area contributed by atoms with Gasteiger partial charge in [-0.05, 0) is 46.0 Å². The minimum Gasteiger partial charge on any atom is -0.380 e. The lowest BCUT2D eigenvalue weighted by Crippen LogP contribution is -2.24. The number of hydrogen-bond donors (Lipinski definition) is 1. The number of aromatic nitrogens is 4. The summed E-state index contributed by atoms with van der Waals surface area (Å²) in [7, 11) is 1.67. The Hall–Kier alpha value is -3.31. The summed E-state index contributed by atoms with van der Waals surface area (Å²) in [5.74, 6) is -0.0643. The molecule has 148 valence electrons. The first-order valence-electron chi connectivity index (χ1n) is 8.69. The van der Waals surface area contributed by atoms with Crippen LogP contribution in [0.15, 0.2) is 52.5 Å². The molecule has 0 bridgehead atoms. The van der Waals surface area contributed by atoms with Crippen LogP contribution in [0.25, 0.3) is 0 Å². The first-order valence-corrected chi connectivity index (χ1v) is 9.50. The van der Waals surface area contributed by atoms with Gasteiger partial charge in [-0.15, -0.1) is 5.10 Å². The Labute approximate surface area is 169 Å². The molecule has 3 aromatic rings. The summed E-state index contributed by atoms with van der Waals surface area (Å²) in [6, 6.07) is 11.6. The van der Waals surface area contributed by atoms with Gasteiger partial charge in [-0.1, -0.05) is 12.1 Å². The third-order valence-corrected chi connectivity index (χ3v) is 5.58. The summed E-state index contributed by atoms with van der Waals surface area (Å²) in [5, 5.41) is 25.6. The van der Waals surface area contributed by atoms with Gasteiger partial charge < -0.3 is 10.1 Å². The largest absolute Gasteiger partial charge is 0.380 e. The number of tetrazole rings is 1. The highest BCUT2D eigenvalue weighted by Gasteiger charge is 2.21.